The number of thioether (sulfide) groups is 1. The summed E-state index contributed by atoms with van der Waals surface area (Å²) in [6.45, 7) is 3.80. The van der Waals surface area contributed by atoms with Crippen molar-refractivity contribution in [2.45, 2.75) is 31.7 Å². The lowest BCUT2D eigenvalue weighted by atomic mass is 9.93. The number of rotatable bonds is 5. The van der Waals surface area contributed by atoms with Crippen molar-refractivity contribution >= 4 is 11.8 Å². The summed E-state index contributed by atoms with van der Waals surface area (Å²) in [7, 11) is 2.06. The number of hydrogen-bond acceptors (Lipinski definition) is 2. The Kier molecular flexibility index (Phi) is 5.56. The summed E-state index contributed by atoms with van der Waals surface area (Å²) < 4.78 is 0. The van der Waals surface area contributed by atoms with Gasteiger partial charge in [0.15, 0.2) is 0 Å². The summed E-state index contributed by atoms with van der Waals surface area (Å²) in [5.41, 5.74) is 0. The minimum atomic E-state index is 0.658. The minimum Gasteiger partial charge on any atom is -0.317 e. The third-order valence-electron chi connectivity index (χ3n) is 2.82. The molecular weight excluding hydrogens is 178 g/mol. The quantitative estimate of drug-likeness (QED) is 0.683. The summed E-state index contributed by atoms with van der Waals surface area (Å²) in [5, 5.41) is 3.37. The fourth-order valence-electron chi connectivity index (χ4n) is 1.92. The molecule has 1 nitrogen and oxygen atoms in total. The highest BCUT2D eigenvalue weighted by Crippen LogP contribution is 2.26. The Balaban J connectivity index is 2.22. The minimum absolute atomic E-state index is 0.658. The molecule has 0 saturated carbocycles. The molecule has 0 aliphatic carbocycles. The summed E-state index contributed by atoms with van der Waals surface area (Å²) in [6.07, 6.45) is 7.31. The molecule has 76 valence electrons. The van der Waals surface area contributed by atoms with Crippen molar-refractivity contribution < 1.29 is 0 Å². The average molecular weight is 199 g/mol. The molecule has 13 heavy (non-hydrogen) atoms. The van der Waals surface area contributed by atoms with Crippen LogP contribution >= 0.6 is 11.8 Å². The van der Waals surface area contributed by atoms with E-state index in [-0.39, 0.29) is 0 Å². The number of hydrogen-bond donors (Lipinski definition) is 1. The first-order valence-corrected chi connectivity index (χ1v) is 6.38. The van der Waals surface area contributed by atoms with Crippen molar-refractivity contribution in [3.8, 4) is 0 Å². The zero-order valence-corrected chi connectivity index (χ0v) is 9.41. The summed E-state index contributed by atoms with van der Waals surface area (Å²) in [5.74, 6) is 3.70. The molecule has 1 atom stereocenters. The Bertz CT molecular complexity index is 141. The van der Waals surface area contributed by atoms with Gasteiger partial charge in [0, 0.05) is 6.04 Å². The summed E-state index contributed by atoms with van der Waals surface area (Å²) >= 11 is 2.11. The van der Waals surface area contributed by atoms with Crippen LogP contribution in [-0.4, -0.2) is 24.6 Å². The van der Waals surface area contributed by atoms with Crippen LogP contribution in [0.1, 0.15) is 25.7 Å². The maximum atomic E-state index is 3.80. The SMILES string of the molecule is C=CCC(CC1CCSCC1)NC. The monoisotopic (exact) mass is 199 g/mol. The second kappa shape index (κ2) is 6.50. The van der Waals surface area contributed by atoms with E-state index in [9.17, 15) is 0 Å². The van der Waals surface area contributed by atoms with Crippen LogP contribution in [0.3, 0.4) is 0 Å². The maximum Gasteiger partial charge on any atom is 0.0101 e. The van der Waals surface area contributed by atoms with E-state index in [4.69, 9.17) is 0 Å². The van der Waals surface area contributed by atoms with Crippen LogP contribution in [-0.2, 0) is 0 Å². The molecule has 1 saturated heterocycles. The highest BCUT2D eigenvalue weighted by atomic mass is 32.2. The number of nitrogens with one attached hydrogen (secondary N) is 1. The Hall–Kier alpha value is 0.0500. The van der Waals surface area contributed by atoms with Crippen molar-refractivity contribution in [1.29, 1.82) is 0 Å². The van der Waals surface area contributed by atoms with E-state index in [2.05, 4.69) is 30.7 Å². The molecule has 0 amide bonds. The second-order valence-electron chi connectivity index (χ2n) is 3.80. The van der Waals surface area contributed by atoms with Gasteiger partial charge in [-0.3, -0.25) is 0 Å². The standard InChI is InChI=1S/C11H21NS/c1-3-4-11(12-2)9-10-5-7-13-8-6-10/h3,10-12H,1,4-9H2,2H3. The predicted octanol–water partition coefficient (Wildman–Crippen LogP) is 2.68. The largest absolute Gasteiger partial charge is 0.317 e. The fraction of sp³-hybridized carbons (Fsp3) is 0.818. The molecule has 0 radical (unpaired) electrons. The molecule has 1 unspecified atom stereocenters. The molecule has 0 aromatic rings. The van der Waals surface area contributed by atoms with Crippen molar-refractivity contribution in [3.63, 3.8) is 0 Å². The second-order valence-corrected chi connectivity index (χ2v) is 5.03. The summed E-state index contributed by atoms with van der Waals surface area (Å²) in [4.78, 5) is 0. The first-order valence-electron chi connectivity index (χ1n) is 5.22. The average Bonchev–Trinajstić information content (AvgIpc) is 2.19. The first-order chi connectivity index (χ1) is 6.36. The van der Waals surface area contributed by atoms with E-state index in [1.807, 2.05) is 6.08 Å². The highest BCUT2D eigenvalue weighted by molar-refractivity contribution is 7.99. The van der Waals surface area contributed by atoms with Gasteiger partial charge in [-0.2, -0.15) is 11.8 Å². The normalized spacial score (nSPS) is 21.3. The van der Waals surface area contributed by atoms with E-state index in [0.717, 1.165) is 12.3 Å². The molecule has 1 N–H and O–H groups in total. The van der Waals surface area contributed by atoms with Gasteiger partial charge in [-0.25, -0.2) is 0 Å². The van der Waals surface area contributed by atoms with Gasteiger partial charge in [0.2, 0.25) is 0 Å². The molecule has 1 aliphatic heterocycles. The molecule has 1 rings (SSSR count). The smallest absolute Gasteiger partial charge is 0.0101 e. The first kappa shape index (κ1) is 11.1. The van der Waals surface area contributed by atoms with Crippen molar-refractivity contribution in [1.82, 2.24) is 5.32 Å². The van der Waals surface area contributed by atoms with E-state index in [1.54, 1.807) is 0 Å². The van der Waals surface area contributed by atoms with Crippen molar-refractivity contribution in [3.05, 3.63) is 12.7 Å². The lowest BCUT2D eigenvalue weighted by molar-refractivity contribution is 0.379. The predicted molar refractivity (Wildman–Crippen MR) is 62.3 cm³/mol. The van der Waals surface area contributed by atoms with Crippen LogP contribution in [0.2, 0.25) is 0 Å². The zero-order valence-electron chi connectivity index (χ0n) is 8.59. The van der Waals surface area contributed by atoms with Gasteiger partial charge in [0.1, 0.15) is 0 Å². The molecule has 0 bridgehead atoms. The third-order valence-corrected chi connectivity index (χ3v) is 3.87. The lowest BCUT2D eigenvalue weighted by Gasteiger charge is -2.25. The van der Waals surface area contributed by atoms with Gasteiger partial charge in [-0.15, -0.1) is 6.58 Å². The van der Waals surface area contributed by atoms with Gasteiger partial charge < -0.3 is 5.32 Å². The van der Waals surface area contributed by atoms with Gasteiger partial charge >= 0.3 is 0 Å². The summed E-state index contributed by atoms with van der Waals surface area (Å²) in [6, 6.07) is 0.658. The van der Waals surface area contributed by atoms with Gasteiger partial charge in [-0.05, 0) is 50.2 Å². The van der Waals surface area contributed by atoms with Crippen LogP contribution in [0.5, 0.6) is 0 Å². The van der Waals surface area contributed by atoms with Gasteiger partial charge in [-0.1, -0.05) is 6.08 Å². The Morgan fingerprint density at radius 3 is 2.77 bits per heavy atom. The van der Waals surface area contributed by atoms with E-state index >= 15 is 0 Å². The van der Waals surface area contributed by atoms with Crippen LogP contribution < -0.4 is 5.32 Å². The Labute approximate surface area is 86.4 Å². The fourth-order valence-corrected chi connectivity index (χ4v) is 3.12. The van der Waals surface area contributed by atoms with Crippen LogP contribution in [0.4, 0.5) is 0 Å². The van der Waals surface area contributed by atoms with Crippen molar-refractivity contribution in [2.24, 2.45) is 5.92 Å². The molecule has 0 aromatic heterocycles. The molecule has 0 aromatic carbocycles. The molecule has 1 heterocycles. The molecule has 0 spiro atoms. The van der Waals surface area contributed by atoms with Gasteiger partial charge in [0.25, 0.3) is 0 Å². The van der Waals surface area contributed by atoms with Crippen LogP contribution in [0.15, 0.2) is 12.7 Å². The van der Waals surface area contributed by atoms with E-state index in [1.165, 1.54) is 30.8 Å². The molecule has 1 aliphatic rings. The zero-order chi connectivity index (χ0) is 9.52. The molecular formula is C11H21NS. The van der Waals surface area contributed by atoms with Gasteiger partial charge in [0.05, 0.1) is 0 Å². The third kappa shape index (κ3) is 4.19. The van der Waals surface area contributed by atoms with Crippen molar-refractivity contribution in [2.75, 3.05) is 18.6 Å². The van der Waals surface area contributed by atoms with E-state index in [0.29, 0.717) is 6.04 Å². The molecule has 1 fully saturated rings. The van der Waals surface area contributed by atoms with E-state index < -0.39 is 0 Å². The van der Waals surface area contributed by atoms with Crippen LogP contribution in [0, 0.1) is 5.92 Å². The Morgan fingerprint density at radius 2 is 2.23 bits per heavy atom. The van der Waals surface area contributed by atoms with Crippen LogP contribution in [0.25, 0.3) is 0 Å². The molecule has 2 heteroatoms. The topological polar surface area (TPSA) is 12.0 Å². The Morgan fingerprint density at radius 1 is 1.54 bits per heavy atom. The lowest BCUT2D eigenvalue weighted by Crippen LogP contribution is -2.28. The maximum absolute atomic E-state index is 3.80. The highest BCUT2D eigenvalue weighted by Gasteiger charge is 2.17.